The molecule has 0 spiro atoms. The number of carboxylic acid groups (broad SMARTS) is 1. The van der Waals surface area contributed by atoms with Crippen LogP contribution in [0.15, 0.2) is 96.1 Å². The van der Waals surface area contributed by atoms with Crippen LogP contribution in [-0.4, -0.2) is 40.3 Å². The zero-order chi connectivity index (χ0) is 28.1. The maximum absolute atomic E-state index is 13.1. The zero-order valence-electron chi connectivity index (χ0n) is 21.9. The lowest BCUT2D eigenvalue weighted by Crippen LogP contribution is -2.46. The van der Waals surface area contributed by atoms with E-state index in [1.807, 2.05) is 61.5 Å². The Morgan fingerprint density at radius 1 is 1.00 bits per heavy atom. The molecule has 0 aliphatic heterocycles. The highest BCUT2D eigenvalue weighted by Gasteiger charge is 2.29. The van der Waals surface area contributed by atoms with Crippen LogP contribution in [0.1, 0.15) is 46.4 Å². The van der Waals surface area contributed by atoms with Gasteiger partial charge in [-0.3, -0.25) is 15.1 Å². The Kier molecular flexibility index (Phi) is 8.17. The first-order valence-corrected chi connectivity index (χ1v) is 13.4. The van der Waals surface area contributed by atoms with E-state index in [9.17, 15) is 14.7 Å². The predicted octanol–water partition coefficient (Wildman–Crippen LogP) is 6.30. The van der Waals surface area contributed by atoms with E-state index in [0.29, 0.717) is 18.8 Å². The van der Waals surface area contributed by atoms with Gasteiger partial charge >= 0.3 is 12.1 Å². The van der Waals surface area contributed by atoms with Crippen molar-refractivity contribution in [3.8, 4) is 11.1 Å². The molecule has 3 N–H and O–H groups in total. The van der Waals surface area contributed by atoms with E-state index >= 15 is 0 Å². The molecule has 0 bridgehead atoms. The highest BCUT2D eigenvalue weighted by Crippen LogP contribution is 2.44. The number of amides is 1. The zero-order valence-corrected chi connectivity index (χ0v) is 22.6. The molecule has 40 heavy (non-hydrogen) atoms. The van der Waals surface area contributed by atoms with Gasteiger partial charge in [-0.1, -0.05) is 97.4 Å². The van der Waals surface area contributed by atoms with Crippen molar-refractivity contribution in [1.82, 2.24) is 9.99 Å². The van der Waals surface area contributed by atoms with E-state index < -0.39 is 18.1 Å². The van der Waals surface area contributed by atoms with E-state index in [1.165, 1.54) is 16.9 Å². The average Bonchev–Trinajstić information content (AvgIpc) is 3.50. The van der Waals surface area contributed by atoms with Gasteiger partial charge in [-0.2, -0.15) is 0 Å². The molecule has 1 aliphatic rings. The second-order valence-electron chi connectivity index (χ2n) is 9.45. The lowest BCUT2D eigenvalue weighted by atomic mass is 9.98. The van der Waals surface area contributed by atoms with Gasteiger partial charge in [0.1, 0.15) is 18.1 Å². The van der Waals surface area contributed by atoms with E-state index in [1.54, 1.807) is 0 Å². The maximum Gasteiger partial charge on any atom is 0.407 e. The molecule has 204 valence electrons. The molecule has 1 heterocycles. The van der Waals surface area contributed by atoms with E-state index in [4.69, 9.17) is 21.3 Å². The number of alkyl carbamates (subject to hydrolysis) is 1. The number of ether oxygens (including phenoxy) is 1. The molecule has 1 amide bonds. The SMILES string of the molecule is CCC(NC(=O)OCC1c2ccccc2-c2ccccc21)C(=NCc1ccccc1)Nn1cc(Cl)cc1C(=O)O. The standard InChI is InChI=1S/C31H29ClN4O4/c1-2-27(29(33-17-20-10-4-3-5-11-20)35-36-18-21(32)16-28(36)30(37)38)34-31(39)40-19-26-24-14-8-6-12-22(24)23-13-7-9-15-25(23)26/h3-16,18,26-27H,2,17,19H2,1H3,(H,33,35)(H,34,39)(H,37,38). The van der Waals surface area contributed by atoms with E-state index in [0.717, 1.165) is 27.8 Å². The third-order valence-electron chi connectivity index (χ3n) is 6.89. The predicted molar refractivity (Wildman–Crippen MR) is 156 cm³/mol. The summed E-state index contributed by atoms with van der Waals surface area (Å²) in [7, 11) is 0. The summed E-state index contributed by atoms with van der Waals surface area (Å²) in [5.41, 5.74) is 8.48. The molecule has 9 heteroatoms. The summed E-state index contributed by atoms with van der Waals surface area (Å²) in [4.78, 5) is 29.5. The first-order valence-electron chi connectivity index (χ1n) is 13.0. The van der Waals surface area contributed by atoms with Crippen LogP contribution in [0, 0.1) is 0 Å². The Balaban J connectivity index is 1.33. The van der Waals surface area contributed by atoms with E-state index in [2.05, 4.69) is 35.0 Å². The van der Waals surface area contributed by atoms with Crippen LogP contribution in [0.25, 0.3) is 11.1 Å². The Hall–Kier alpha value is -4.56. The molecule has 0 saturated heterocycles. The molecule has 0 fully saturated rings. The number of hydrogen-bond donors (Lipinski definition) is 3. The largest absolute Gasteiger partial charge is 0.477 e. The summed E-state index contributed by atoms with van der Waals surface area (Å²) in [5.74, 6) is -0.850. The smallest absolute Gasteiger partial charge is 0.407 e. The number of halogens is 1. The van der Waals surface area contributed by atoms with Gasteiger partial charge in [-0.25, -0.2) is 9.59 Å². The van der Waals surface area contributed by atoms with Gasteiger partial charge in [-0.15, -0.1) is 0 Å². The third kappa shape index (κ3) is 5.87. The lowest BCUT2D eigenvalue weighted by molar-refractivity contribution is 0.0687. The number of benzene rings is 3. The fourth-order valence-electron chi connectivity index (χ4n) is 4.94. The van der Waals surface area contributed by atoms with Crippen LogP contribution in [-0.2, 0) is 11.3 Å². The van der Waals surface area contributed by atoms with Crippen molar-refractivity contribution in [2.45, 2.75) is 31.8 Å². The first-order chi connectivity index (χ1) is 19.4. The number of carbonyl (C=O) groups excluding carboxylic acids is 1. The van der Waals surface area contributed by atoms with Crippen molar-refractivity contribution in [1.29, 1.82) is 0 Å². The van der Waals surface area contributed by atoms with Crippen LogP contribution in [0.5, 0.6) is 0 Å². The van der Waals surface area contributed by atoms with Crippen LogP contribution in [0.2, 0.25) is 5.02 Å². The number of fused-ring (bicyclic) bond motifs is 3. The Bertz CT molecular complexity index is 1500. The number of rotatable bonds is 9. The Morgan fingerprint density at radius 3 is 2.25 bits per heavy atom. The second kappa shape index (κ2) is 12.1. The monoisotopic (exact) mass is 556 g/mol. The third-order valence-corrected chi connectivity index (χ3v) is 7.10. The minimum atomic E-state index is -1.15. The van der Waals surface area contributed by atoms with Crippen molar-refractivity contribution >= 4 is 29.5 Å². The number of aromatic nitrogens is 1. The molecule has 0 saturated carbocycles. The molecule has 1 aromatic heterocycles. The van der Waals surface area contributed by atoms with Crippen molar-refractivity contribution in [2.24, 2.45) is 4.99 Å². The van der Waals surface area contributed by atoms with Crippen LogP contribution >= 0.6 is 11.6 Å². The summed E-state index contributed by atoms with van der Waals surface area (Å²) in [6, 6.07) is 26.7. The van der Waals surface area contributed by atoms with Gasteiger partial charge in [0, 0.05) is 12.1 Å². The number of nitrogens with zero attached hydrogens (tertiary/aromatic N) is 2. The summed E-state index contributed by atoms with van der Waals surface area (Å²) >= 11 is 6.09. The molecule has 1 aliphatic carbocycles. The number of amidine groups is 1. The normalized spacial score (nSPS) is 13.3. The molecule has 5 rings (SSSR count). The van der Waals surface area contributed by atoms with E-state index in [-0.39, 0.29) is 23.2 Å². The highest BCUT2D eigenvalue weighted by molar-refractivity contribution is 6.31. The molecule has 1 unspecified atom stereocenters. The summed E-state index contributed by atoms with van der Waals surface area (Å²) in [6.45, 7) is 2.40. The summed E-state index contributed by atoms with van der Waals surface area (Å²) in [6.07, 6.45) is 1.33. The van der Waals surface area contributed by atoms with Crippen molar-refractivity contribution in [3.63, 3.8) is 0 Å². The molecule has 1 atom stereocenters. The Labute approximate surface area is 237 Å². The molecular weight excluding hydrogens is 528 g/mol. The van der Waals surface area contributed by atoms with Gasteiger partial charge in [0.15, 0.2) is 0 Å². The van der Waals surface area contributed by atoms with Crippen LogP contribution in [0.4, 0.5) is 4.79 Å². The van der Waals surface area contributed by atoms with Crippen molar-refractivity contribution < 1.29 is 19.4 Å². The Morgan fingerprint density at radius 2 is 1.62 bits per heavy atom. The molecule has 8 nitrogen and oxygen atoms in total. The van der Waals surface area contributed by atoms with Gasteiger partial charge < -0.3 is 15.2 Å². The number of carbonyl (C=O) groups is 2. The number of carboxylic acids is 1. The molecule has 4 aromatic rings. The summed E-state index contributed by atoms with van der Waals surface area (Å²) in [5, 5.41) is 12.8. The molecule has 0 radical (unpaired) electrons. The number of hydrogen-bond acceptors (Lipinski definition) is 4. The number of aromatic carboxylic acids is 1. The van der Waals surface area contributed by atoms with Crippen LogP contribution in [0.3, 0.4) is 0 Å². The quantitative estimate of drug-likeness (QED) is 0.166. The van der Waals surface area contributed by atoms with Crippen LogP contribution < -0.4 is 10.7 Å². The van der Waals surface area contributed by atoms with Gasteiger partial charge in [-0.05, 0) is 40.3 Å². The second-order valence-corrected chi connectivity index (χ2v) is 9.88. The first kappa shape index (κ1) is 27.0. The molecule has 3 aromatic carbocycles. The minimum absolute atomic E-state index is 0.0617. The topological polar surface area (TPSA) is 105 Å². The molecular formula is C31H29ClN4O4. The number of nitrogens with one attached hydrogen (secondary N) is 2. The fraction of sp³-hybridized carbons (Fsp3) is 0.194. The fourth-order valence-corrected chi connectivity index (χ4v) is 5.14. The van der Waals surface area contributed by atoms with Crippen molar-refractivity contribution in [3.05, 3.63) is 119 Å². The number of aliphatic imine (C=N–C) groups is 1. The average molecular weight is 557 g/mol. The maximum atomic E-state index is 13.1. The van der Waals surface area contributed by atoms with Gasteiger partial charge in [0.05, 0.1) is 17.6 Å². The van der Waals surface area contributed by atoms with Crippen molar-refractivity contribution in [2.75, 3.05) is 12.0 Å². The lowest BCUT2D eigenvalue weighted by Gasteiger charge is -2.22. The van der Waals surface area contributed by atoms with Gasteiger partial charge in [0.2, 0.25) is 0 Å². The summed E-state index contributed by atoms with van der Waals surface area (Å²) < 4.78 is 7.03. The minimum Gasteiger partial charge on any atom is -0.477 e. The van der Waals surface area contributed by atoms with Gasteiger partial charge in [0.25, 0.3) is 0 Å². The highest BCUT2D eigenvalue weighted by atomic mass is 35.5.